The second kappa shape index (κ2) is 2.51. The fourth-order valence-electron chi connectivity index (χ4n) is 1.43. The van der Waals surface area contributed by atoms with E-state index in [9.17, 15) is 5.11 Å². The van der Waals surface area contributed by atoms with Gasteiger partial charge in [0.2, 0.25) is 0 Å². The van der Waals surface area contributed by atoms with Gasteiger partial charge in [0, 0.05) is 0 Å². The quantitative estimate of drug-likeness (QED) is 0.551. The summed E-state index contributed by atoms with van der Waals surface area (Å²) in [5.74, 6) is 0. The molecule has 0 spiro atoms. The van der Waals surface area contributed by atoms with E-state index in [4.69, 9.17) is 0 Å². The number of aliphatic hydroxyl groups is 1. The molecule has 11 heavy (non-hydrogen) atoms. The van der Waals surface area contributed by atoms with Crippen molar-refractivity contribution < 1.29 is 5.11 Å². The van der Waals surface area contributed by atoms with Crippen molar-refractivity contribution in [2.24, 2.45) is 0 Å². The molecule has 0 aromatic heterocycles. The maximum absolute atomic E-state index is 9.46. The van der Waals surface area contributed by atoms with Crippen molar-refractivity contribution in [1.82, 2.24) is 0 Å². The maximum Gasteiger partial charge on any atom is 0.0830 e. The molecule has 1 N–H and O–H groups in total. The molecule has 0 saturated carbocycles. The summed E-state index contributed by atoms with van der Waals surface area (Å²) in [4.78, 5) is 0. The van der Waals surface area contributed by atoms with Gasteiger partial charge >= 0.3 is 0 Å². The van der Waals surface area contributed by atoms with Gasteiger partial charge in [-0.05, 0) is 17.6 Å². The average Bonchev–Trinajstić information content (AvgIpc) is 2.25. The van der Waals surface area contributed by atoms with Crippen LogP contribution in [-0.4, -0.2) is 11.2 Å². The highest BCUT2D eigenvalue weighted by atomic mass is 16.3. The Labute approximate surface area is 66.0 Å². The third kappa shape index (κ3) is 1.08. The SMILES string of the molecule is OC1CC=C2C=CC=CC=C21. The van der Waals surface area contributed by atoms with Gasteiger partial charge in [0.1, 0.15) is 0 Å². The molecule has 0 aromatic rings. The predicted molar refractivity (Wildman–Crippen MR) is 45.1 cm³/mol. The van der Waals surface area contributed by atoms with Crippen LogP contribution < -0.4 is 0 Å². The molecule has 0 fully saturated rings. The van der Waals surface area contributed by atoms with Crippen molar-refractivity contribution in [2.45, 2.75) is 12.5 Å². The van der Waals surface area contributed by atoms with Crippen LogP contribution >= 0.6 is 0 Å². The topological polar surface area (TPSA) is 20.2 Å². The molecule has 0 saturated heterocycles. The van der Waals surface area contributed by atoms with E-state index in [2.05, 4.69) is 6.08 Å². The van der Waals surface area contributed by atoms with Crippen molar-refractivity contribution >= 4 is 0 Å². The molecule has 2 aliphatic rings. The van der Waals surface area contributed by atoms with E-state index in [0.717, 1.165) is 12.0 Å². The molecule has 1 nitrogen and oxygen atoms in total. The molecule has 2 aliphatic carbocycles. The fraction of sp³-hybridized carbons (Fsp3) is 0.200. The third-order valence-electron chi connectivity index (χ3n) is 2.03. The molecule has 0 aliphatic heterocycles. The van der Waals surface area contributed by atoms with E-state index < -0.39 is 0 Å². The molecule has 1 heteroatoms. The van der Waals surface area contributed by atoms with Crippen molar-refractivity contribution in [3.63, 3.8) is 0 Å². The van der Waals surface area contributed by atoms with Crippen molar-refractivity contribution in [3.8, 4) is 0 Å². The Balaban J connectivity index is 2.41. The zero-order valence-electron chi connectivity index (χ0n) is 6.20. The van der Waals surface area contributed by atoms with Crippen LogP contribution in [-0.2, 0) is 0 Å². The second-order valence-electron chi connectivity index (χ2n) is 2.78. The van der Waals surface area contributed by atoms with Crippen LogP contribution in [0.4, 0.5) is 0 Å². The molecule has 0 heterocycles. The smallest absolute Gasteiger partial charge is 0.0830 e. The Morgan fingerprint density at radius 1 is 1.27 bits per heavy atom. The van der Waals surface area contributed by atoms with Gasteiger partial charge < -0.3 is 5.11 Å². The van der Waals surface area contributed by atoms with Crippen LogP contribution in [0.15, 0.2) is 47.6 Å². The fourth-order valence-corrected chi connectivity index (χ4v) is 1.43. The summed E-state index contributed by atoms with van der Waals surface area (Å²) in [5.41, 5.74) is 2.22. The van der Waals surface area contributed by atoms with Crippen LogP contribution in [0.3, 0.4) is 0 Å². The van der Waals surface area contributed by atoms with E-state index >= 15 is 0 Å². The predicted octanol–water partition coefficient (Wildman–Crippen LogP) is 1.73. The zero-order chi connectivity index (χ0) is 7.68. The van der Waals surface area contributed by atoms with Gasteiger partial charge in [-0.15, -0.1) is 0 Å². The van der Waals surface area contributed by atoms with Crippen LogP contribution in [0.25, 0.3) is 0 Å². The number of allylic oxidation sites excluding steroid dienone is 5. The number of hydrogen-bond acceptors (Lipinski definition) is 1. The van der Waals surface area contributed by atoms with E-state index in [1.165, 1.54) is 5.57 Å². The molecule has 1 unspecified atom stereocenters. The van der Waals surface area contributed by atoms with E-state index in [1.54, 1.807) is 0 Å². The highest BCUT2D eigenvalue weighted by Crippen LogP contribution is 2.27. The van der Waals surface area contributed by atoms with Crippen molar-refractivity contribution in [2.75, 3.05) is 0 Å². The maximum atomic E-state index is 9.46. The molecular weight excluding hydrogens is 136 g/mol. The molecule has 0 amide bonds. The number of aliphatic hydroxyl groups excluding tert-OH is 1. The first-order valence-corrected chi connectivity index (χ1v) is 3.81. The highest BCUT2D eigenvalue weighted by Gasteiger charge is 2.18. The van der Waals surface area contributed by atoms with Gasteiger partial charge in [-0.3, -0.25) is 0 Å². The molecule has 0 aromatic carbocycles. The summed E-state index contributed by atoms with van der Waals surface area (Å²) in [6, 6.07) is 0. The Bertz CT molecular complexity index is 279. The number of fused-ring (bicyclic) bond motifs is 1. The highest BCUT2D eigenvalue weighted by molar-refractivity contribution is 5.50. The molecule has 2 rings (SSSR count). The first-order chi connectivity index (χ1) is 5.38. The van der Waals surface area contributed by atoms with Crippen LogP contribution in [0.2, 0.25) is 0 Å². The van der Waals surface area contributed by atoms with Crippen LogP contribution in [0, 0.1) is 0 Å². The van der Waals surface area contributed by atoms with Gasteiger partial charge in [0.05, 0.1) is 6.10 Å². The van der Waals surface area contributed by atoms with E-state index in [-0.39, 0.29) is 6.10 Å². The minimum atomic E-state index is -0.280. The second-order valence-corrected chi connectivity index (χ2v) is 2.78. The average molecular weight is 146 g/mol. The number of rotatable bonds is 0. The Hall–Kier alpha value is -1.08. The van der Waals surface area contributed by atoms with Gasteiger partial charge in [0.15, 0.2) is 0 Å². The monoisotopic (exact) mass is 146 g/mol. The Morgan fingerprint density at radius 3 is 3.09 bits per heavy atom. The lowest BCUT2D eigenvalue weighted by molar-refractivity contribution is 0.223. The first kappa shape index (κ1) is 6.62. The molecule has 56 valence electrons. The zero-order valence-corrected chi connectivity index (χ0v) is 6.20. The first-order valence-electron chi connectivity index (χ1n) is 3.81. The minimum Gasteiger partial charge on any atom is -0.388 e. The van der Waals surface area contributed by atoms with Gasteiger partial charge in [-0.2, -0.15) is 0 Å². The van der Waals surface area contributed by atoms with Crippen LogP contribution in [0.5, 0.6) is 0 Å². The number of hydrogen-bond donors (Lipinski definition) is 1. The largest absolute Gasteiger partial charge is 0.388 e. The summed E-state index contributed by atoms with van der Waals surface area (Å²) in [6.07, 6.45) is 12.5. The van der Waals surface area contributed by atoms with Gasteiger partial charge in [0.25, 0.3) is 0 Å². The summed E-state index contributed by atoms with van der Waals surface area (Å²) in [5, 5.41) is 9.46. The lowest BCUT2D eigenvalue weighted by Gasteiger charge is -2.03. The summed E-state index contributed by atoms with van der Waals surface area (Å²) < 4.78 is 0. The van der Waals surface area contributed by atoms with Gasteiger partial charge in [-0.1, -0.05) is 36.5 Å². The summed E-state index contributed by atoms with van der Waals surface area (Å²) >= 11 is 0. The standard InChI is InChI=1S/C10H10O/c11-10-7-6-8-4-2-1-3-5-9(8)10/h1-6,10-11H,7H2. The molecule has 0 radical (unpaired) electrons. The Kier molecular flexibility index (Phi) is 1.51. The summed E-state index contributed by atoms with van der Waals surface area (Å²) in [6.45, 7) is 0. The van der Waals surface area contributed by atoms with Crippen LogP contribution in [0.1, 0.15) is 6.42 Å². The van der Waals surface area contributed by atoms with Crippen molar-refractivity contribution in [3.05, 3.63) is 47.6 Å². The van der Waals surface area contributed by atoms with Crippen molar-refractivity contribution in [1.29, 1.82) is 0 Å². The summed E-state index contributed by atoms with van der Waals surface area (Å²) in [7, 11) is 0. The molecule has 0 bridgehead atoms. The normalized spacial score (nSPS) is 27.5. The third-order valence-corrected chi connectivity index (χ3v) is 2.03. The lowest BCUT2D eigenvalue weighted by Crippen LogP contribution is -2.03. The minimum absolute atomic E-state index is 0.280. The molecule has 1 atom stereocenters. The van der Waals surface area contributed by atoms with E-state index in [1.807, 2.05) is 30.4 Å². The molecular formula is C10H10O. The lowest BCUT2D eigenvalue weighted by atomic mass is 10.1. The van der Waals surface area contributed by atoms with Gasteiger partial charge in [-0.25, -0.2) is 0 Å². The van der Waals surface area contributed by atoms with E-state index in [0.29, 0.717) is 0 Å². The Morgan fingerprint density at radius 2 is 2.18 bits per heavy atom.